The van der Waals surface area contributed by atoms with Gasteiger partial charge in [0, 0.05) is 24.0 Å². The topological polar surface area (TPSA) is 46.3 Å². The number of piperidine rings is 1. The van der Waals surface area contributed by atoms with Gasteiger partial charge in [-0.2, -0.15) is 0 Å². The zero-order valence-corrected chi connectivity index (χ0v) is 9.07. The molecule has 3 heteroatoms. The standard InChI is InChI=1S/C11H20N2O/c1-7(2)13-9-3-4-10(13)6-8(5-9)11(12)14/h7-10H,3-6H2,1-2H3,(H2,12,14)/t8-,9-,10+. The summed E-state index contributed by atoms with van der Waals surface area (Å²) < 4.78 is 0. The van der Waals surface area contributed by atoms with Crippen LogP contribution >= 0.6 is 0 Å². The highest BCUT2D eigenvalue weighted by molar-refractivity contribution is 5.76. The minimum absolute atomic E-state index is 0.0923. The van der Waals surface area contributed by atoms with Crippen molar-refractivity contribution in [2.24, 2.45) is 11.7 Å². The van der Waals surface area contributed by atoms with E-state index in [1.165, 1.54) is 12.8 Å². The number of rotatable bonds is 2. The predicted molar refractivity (Wildman–Crippen MR) is 55.7 cm³/mol. The maximum atomic E-state index is 11.2. The molecule has 2 fully saturated rings. The lowest BCUT2D eigenvalue weighted by atomic mass is 9.89. The first-order chi connectivity index (χ1) is 6.59. The summed E-state index contributed by atoms with van der Waals surface area (Å²) in [5, 5.41) is 0. The molecule has 14 heavy (non-hydrogen) atoms. The zero-order valence-electron chi connectivity index (χ0n) is 9.07. The number of carbonyl (C=O) groups excluding carboxylic acids is 1. The minimum atomic E-state index is -0.0923. The third kappa shape index (κ3) is 1.54. The molecule has 0 unspecified atom stereocenters. The van der Waals surface area contributed by atoms with Crippen molar-refractivity contribution >= 4 is 5.91 Å². The smallest absolute Gasteiger partial charge is 0.220 e. The summed E-state index contributed by atoms with van der Waals surface area (Å²) in [4.78, 5) is 13.7. The van der Waals surface area contributed by atoms with Gasteiger partial charge in [-0.1, -0.05) is 0 Å². The number of hydrogen-bond donors (Lipinski definition) is 1. The van der Waals surface area contributed by atoms with Crippen molar-refractivity contribution in [1.29, 1.82) is 0 Å². The summed E-state index contributed by atoms with van der Waals surface area (Å²) in [7, 11) is 0. The van der Waals surface area contributed by atoms with Crippen molar-refractivity contribution in [3.8, 4) is 0 Å². The maximum Gasteiger partial charge on any atom is 0.220 e. The van der Waals surface area contributed by atoms with Gasteiger partial charge in [-0.25, -0.2) is 0 Å². The van der Waals surface area contributed by atoms with Crippen molar-refractivity contribution in [2.75, 3.05) is 0 Å². The van der Waals surface area contributed by atoms with E-state index in [-0.39, 0.29) is 11.8 Å². The van der Waals surface area contributed by atoms with Crippen LogP contribution in [0.25, 0.3) is 0 Å². The van der Waals surface area contributed by atoms with E-state index in [1.807, 2.05) is 0 Å². The molecule has 80 valence electrons. The van der Waals surface area contributed by atoms with Crippen molar-refractivity contribution in [3.63, 3.8) is 0 Å². The third-order valence-corrected chi connectivity index (χ3v) is 3.79. The third-order valence-electron chi connectivity index (χ3n) is 3.79. The van der Waals surface area contributed by atoms with E-state index < -0.39 is 0 Å². The van der Waals surface area contributed by atoms with Crippen LogP contribution in [0.5, 0.6) is 0 Å². The molecule has 2 heterocycles. The molecule has 2 rings (SSSR count). The molecule has 0 aromatic carbocycles. The minimum Gasteiger partial charge on any atom is -0.369 e. The molecule has 1 amide bonds. The lowest BCUT2D eigenvalue weighted by Gasteiger charge is -2.40. The fraction of sp³-hybridized carbons (Fsp3) is 0.909. The van der Waals surface area contributed by atoms with E-state index in [0.717, 1.165) is 12.8 Å². The van der Waals surface area contributed by atoms with Crippen molar-refractivity contribution in [2.45, 2.75) is 57.7 Å². The number of fused-ring (bicyclic) bond motifs is 2. The number of amides is 1. The number of hydrogen-bond acceptors (Lipinski definition) is 2. The lowest BCUT2D eigenvalue weighted by Crippen LogP contribution is -2.48. The highest BCUT2D eigenvalue weighted by Gasteiger charge is 2.43. The van der Waals surface area contributed by atoms with Gasteiger partial charge < -0.3 is 5.73 Å². The van der Waals surface area contributed by atoms with Crippen molar-refractivity contribution < 1.29 is 4.79 Å². The van der Waals surface area contributed by atoms with Gasteiger partial charge in [0.1, 0.15) is 0 Å². The van der Waals surface area contributed by atoms with Gasteiger partial charge in [-0.15, -0.1) is 0 Å². The second kappa shape index (κ2) is 3.54. The molecule has 2 aliphatic rings. The monoisotopic (exact) mass is 196 g/mol. The first kappa shape index (κ1) is 9.97. The molecule has 0 radical (unpaired) electrons. The summed E-state index contributed by atoms with van der Waals surface area (Å²) in [6.07, 6.45) is 4.49. The van der Waals surface area contributed by atoms with Crippen LogP contribution in [0.2, 0.25) is 0 Å². The van der Waals surface area contributed by atoms with Crippen LogP contribution in [-0.2, 0) is 4.79 Å². The Morgan fingerprint density at radius 2 is 1.79 bits per heavy atom. The molecule has 3 atom stereocenters. The van der Waals surface area contributed by atoms with Crippen LogP contribution in [0, 0.1) is 5.92 Å². The number of nitrogens with two attached hydrogens (primary N) is 1. The maximum absolute atomic E-state index is 11.2. The van der Waals surface area contributed by atoms with Crippen molar-refractivity contribution in [3.05, 3.63) is 0 Å². The fourth-order valence-electron chi connectivity index (χ4n) is 3.29. The quantitative estimate of drug-likeness (QED) is 0.719. The van der Waals surface area contributed by atoms with E-state index in [1.54, 1.807) is 0 Å². The van der Waals surface area contributed by atoms with E-state index in [2.05, 4.69) is 18.7 Å². The Morgan fingerprint density at radius 1 is 1.29 bits per heavy atom. The Labute approximate surface area is 85.6 Å². The largest absolute Gasteiger partial charge is 0.369 e. The molecule has 0 aromatic rings. The molecular weight excluding hydrogens is 176 g/mol. The van der Waals surface area contributed by atoms with Gasteiger partial charge >= 0.3 is 0 Å². The van der Waals surface area contributed by atoms with Crippen LogP contribution < -0.4 is 5.73 Å². The summed E-state index contributed by atoms with van der Waals surface area (Å²) in [6, 6.07) is 1.85. The molecule has 0 spiro atoms. The molecule has 0 aliphatic carbocycles. The Kier molecular flexibility index (Phi) is 2.52. The zero-order chi connectivity index (χ0) is 10.3. The number of carbonyl (C=O) groups is 1. The van der Waals surface area contributed by atoms with Gasteiger partial charge in [0.05, 0.1) is 0 Å². The van der Waals surface area contributed by atoms with E-state index in [4.69, 9.17) is 5.73 Å². The van der Waals surface area contributed by atoms with Gasteiger partial charge in [0.15, 0.2) is 0 Å². The first-order valence-electron chi connectivity index (χ1n) is 5.66. The van der Waals surface area contributed by atoms with E-state index in [0.29, 0.717) is 18.1 Å². The van der Waals surface area contributed by atoms with Crippen LogP contribution in [0.3, 0.4) is 0 Å². The molecule has 3 nitrogen and oxygen atoms in total. The molecule has 2 N–H and O–H groups in total. The number of nitrogens with zero attached hydrogens (tertiary/aromatic N) is 1. The number of primary amides is 1. The lowest BCUT2D eigenvalue weighted by molar-refractivity contribution is -0.124. The Balaban J connectivity index is 2.08. The average Bonchev–Trinajstić information content (AvgIpc) is 2.37. The Morgan fingerprint density at radius 3 is 2.14 bits per heavy atom. The van der Waals surface area contributed by atoms with Gasteiger partial charge in [0.2, 0.25) is 5.91 Å². The summed E-state index contributed by atoms with van der Waals surface area (Å²) in [6.45, 7) is 4.49. The van der Waals surface area contributed by atoms with E-state index in [9.17, 15) is 4.79 Å². The van der Waals surface area contributed by atoms with Gasteiger partial charge in [-0.05, 0) is 39.5 Å². The van der Waals surface area contributed by atoms with Gasteiger partial charge in [-0.3, -0.25) is 9.69 Å². The summed E-state index contributed by atoms with van der Waals surface area (Å²) in [5.74, 6) is 0.0489. The molecule has 0 saturated carbocycles. The van der Waals surface area contributed by atoms with Crippen LogP contribution in [-0.4, -0.2) is 28.9 Å². The SMILES string of the molecule is CC(C)N1[C@@H]2CC[C@H]1C[C@H](C(N)=O)C2. The first-order valence-corrected chi connectivity index (χ1v) is 5.66. The summed E-state index contributed by atoms with van der Waals surface area (Å²) >= 11 is 0. The molecular formula is C11H20N2O. The fourth-order valence-corrected chi connectivity index (χ4v) is 3.29. The molecule has 2 saturated heterocycles. The predicted octanol–water partition coefficient (Wildman–Crippen LogP) is 1.12. The highest BCUT2D eigenvalue weighted by atomic mass is 16.1. The molecule has 2 bridgehead atoms. The summed E-state index contributed by atoms with van der Waals surface area (Å²) in [5.41, 5.74) is 5.38. The Bertz CT molecular complexity index is 225. The van der Waals surface area contributed by atoms with Crippen molar-refractivity contribution in [1.82, 2.24) is 4.90 Å². The van der Waals surface area contributed by atoms with E-state index >= 15 is 0 Å². The average molecular weight is 196 g/mol. The van der Waals surface area contributed by atoms with Crippen LogP contribution in [0.1, 0.15) is 39.5 Å². The Hall–Kier alpha value is -0.570. The normalized spacial score (nSPS) is 37.8. The van der Waals surface area contributed by atoms with Crippen LogP contribution in [0.15, 0.2) is 0 Å². The second-order valence-electron chi connectivity index (χ2n) is 5.00. The molecule has 0 aromatic heterocycles. The molecule has 2 aliphatic heterocycles. The second-order valence-corrected chi connectivity index (χ2v) is 5.00. The highest BCUT2D eigenvalue weighted by Crippen LogP contribution is 2.39. The van der Waals surface area contributed by atoms with Crippen LogP contribution in [0.4, 0.5) is 0 Å². The van der Waals surface area contributed by atoms with Gasteiger partial charge in [0.25, 0.3) is 0 Å².